The van der Waals surface area contributed by atoms with Gasteiger partial charge in [-0.25, -0.2) is 4.98 Å². The monoisotopic (exact) mass is 302 g/mol. The molecule has 1 aliphatic heterocycles. The largest absolute Gasteiger partial charge is 0.325 e. The zero-order valence-electron chi connectivity index (χ0n) is 12.4. The molecule has 0 bridgehead atoms. The maximum Gasteiger partial charge on any atom is 0.106 e. The van der Waals surface area contributed by atoms with Crippen LogP contribution in [0.2, 0.25) is 0 Å². The predicted molar refractivity (Wildman–Crippen MR) is 87.1 cm³/mol. The number of aromatic nitrogens is 1. The molecule has 0 amide bonds. The van der Waals surface area contributed by atoms with Gasteiger partial charge in [0.1, 0.15) is 5.01 Å². The summed E-state index contributed by atoms with van der Waals surface area (Å²) >= 11 is 1.66. The minimum Gasteiger partial charge on any atom is -0.325 e. The summed E-state index contributed by atoms with van der Waals surface area (Å²) in [7, 11) is 2.20. The van der Waals surface area contributed by atoms with E-state index in [-0.39, 0.29) is 0 Å². The van der Waals surface area contributed by atoms with Crippen molar-refractivity contribution in [2.24, 2.45) is 5.73 Å². The van der Waals surface area contributed by atoms with E-state index in [1.165, 1.54) is 5.56 Å². The van der Waals surface area contributed by atoms with Crippen LogP contribution in [-0.4, -0.2) is 41.5 Å². The summed E-state index contributed by atoms with van der Waals surface area (Å²) in [5.41, 5.74) is 8.19. The third kappa shape index (κ3) is 3.49. The number of rotatable bonds is 4. The van der Waals surface area contributed by atoms with Gasteiger partial charge < -0.3 is 10.6 Å². The lowest BCUT2D eigenvalue weighted by atomic mass is 10.0. The number of thiazole rings is 1. The smallest absolute Gasteiger partial charge is 0.106 e. The Balaban J connectivity index is 1.77. The molecule has 0 spiro atoms. The van der Waals surface area contributed by atoms with Crippen LogP contribution < -0.4 is 5.73 Å². The minimum absolute atomic E-state index is 0.438. The molecular formula is C16H22N4S. The van der Waals surface area contributed by atoms with Crippen LogP contribution in [0.5, 0.6) is 0 Å². The fourth-order valence-electron chi connectivity index (χ4n) is 2.86. The number of benzene rings is 1. The van der Waals surface area contributed by atoms with Gasteiger partial charge in [-0.3, -0.25) is 4.90 Å². The molecule has 2 heterocycles. The van der Waals surface area contributed by atoms with Gasteiger partial charge in [-0.1, -0.05) is 30.3 Å². The highest BCUT2D eigenvalue weighted by atomic mass is 32.1. The zero-order valence-corrected chi connectivity index (χ0v) is 13.2. The molecule has 2 N–H and O–H groups in total. The zero-order chi connectivity index (χ0) is 14.7. The Labute approximate surface area is 130 Å². The first-order valence-corrected chi connectivity index (χ1v) is 8.25. The maximum absolute atomic E-state index is 5.66. The average molecular weight is 302 g/mol. The molecule has 0 aliphatic carbocycles. The SMILES string of the molecule is CN1CCN(Cc2csc(CN)n2)C(c2ccccc2)C1. The van der Waals surface area contributed by atoms with E-state index in [9.17, 15) is 0 Å². The van der Waals surface area contributed by atoms with Crippen LogP contribution >= 0.6 is 11.3 Å². The van der Waals surface area contributed by atoms with Gasteiger partial charge in [0.15, 0.2) is 0 Å². The lowest BCUT2D eigenvalue weighted by molar-refractivity contribution is 0.0824. The van der Waals surface area contributed by atoms with Gasteiger partial charge in [0.05, 0.1) is 5.69 Å². The summed E-state index contributed by atoms with van der Waals surface area (Å²) in [6.45, 7) is 4.69. The minimum atomic E-state index is 0.438. The van der Waals surface area contributed by atoms with Crippen molar-refractivity contribution in [3.8, 4) is 0 Å². The van der Waals surface area contributed by atoms with Gasteiger partial charge in [0.2, 0.25) is 0 Å². The van der Waals surface area contributed by atoms with Gasteiger partial charge in [0.25, 0.3) is 0 Å². The van der Waals surface area contributed by atoms with Crippen LogP contribution in [0.4, 0.5) is 0 Å². The molecule has 0 saturated carbocycles. The van der Waals surface area contributed by atoms with Gasteiger partial charge in [-0.05, 0) is 12.6 Å². The van der Waals surface area contributed by atoms with Crippen LogP contribution in [0.15, 0.2) is 35.7 Å². The molecule has 2 aromatic rings. The Bertz CT molecular complexity index is 569. The predicted octanol–water partition coefficient (Wildman–Crippen LogP) is 2.09. The first-order valence-electron chi connectivity index (χ1n) is 7.37. The van der Waals surface area contributed by atoms with Crippen LogP contribution in [0, 0.1) is 0 Å². The normalized spacial score (nSPS) is 20.8. The molecule has 21 heavy (non-hydrogen) atoms. The van der Waals surface area contributed by atoms with Crippen molar-refractivity contribution >= 4 is 11.3 Å². The highest BCUT2D eigenvalue weighted by Crippen LogP contribution is 2.26. The summed E-state index contributed by atoms with van der Waals surface area (Å²) < 4.78 is 0. The van der Waals surface area contributed by atoms with Crippen molar-refractivity contribution in [2.45, 2.75) is 19.1 Å². The Hall–Kier alpha value is -1.27. The number of hydrogen-bond donors (Lipinski definition) is 1. The second-order valence-corrected chi connectivity index (χ2v) is 6.54. The second kappa shape index (κ2) is 6.66. The highest BCUT2D eigenvalue weighted by molar-refractivity contribution is 7.09. The molecule has 1 fully saturated rings. The Morgan fingerprint density at radius 3 is 2.81 bits per heavy atom. The van der Waals surface area contributed by atoms with E-state index in [1.54, 1.807) is 11.3 Å². The van der Waals surface area contributed by atoms with E-state index >= 15 is 0 Å². The molecular weight excluding hydrogens is 280 g/mol. The summed E-state index contributed by atoms with van der Waals surface area (Å²) in [6, 6.07) is 11.2. The van der Waals surface area contributed by atoms with Crippen LogP contribution in [-0.2, 0) is 13.1 Å². The summed E-state index contributed by atoms with van der Waals surface area (Å²) in [5, 5.41) is 3.16. The van der Waals surface area contributed by atoms with E-state index < -0.39 is 0 Å². The van der Waals surface area contributed by atoms with Crippen LogP contribution in [0.1, 0.15) is 22.3 Å². The molecule has 1 aliphatic rings. The van der Waals surface area contributed by atoms with Crippen molar-refractivity contribution in [1.29, 1.82) is 0 Å². The summed E-state index contributed by atoms with van der Waals surface area (Å²) in [5.74, 6) is 0. The van der Waals surface area contributed by atoms with Crippen molar-refractivity contribution in [3.63, 3.8) is 0 Å². The van der Waals surface area contributed by atoms with Crippen molar-refractivity contribution in [1.82, 2.24) is 14.8 Å². The molecule has 1 aromatic carbocycles. The van der Waals surface area contributed by atoms with Crippen LogP contribution in [0.3, 0.4) is 0 Å². The van der Waals surface area contributed by atoms with Crippen LogP contribution in [0.25, 0.3) is 0 Å². The fraction of sp³-hybridized carbons (Fsp3) is 0.438. The number of nitrogens with two attached hydrogens (primary N) is 1. The van der Waals surface area contributed by atoms with E-state index in [0.29, 0.717) is 12.6 Å². The summed E-state index contributed by atoms with van der Waals surface area (Å²) in [6.07, 6.45) is 0. The molecule has 1 aromatic heterocycles. The third-order valence-corrected chi connectivity index (χ3v) is 4.94. The standard InChI is InChI=1S/C16H22N4S/c1-19-7-8-20(10-14-12-21-16(9-17)18-14)15(11-19)13-5-3-2-4-6-13/h2-6,12,15H,7-11,17H2,1H3. The number of likely N-dealkylation sites (N-methyl/N-ethyl adjacent to an activating group) is 1. The molecule has 3 rings (SSSR count). The molecule has 112 valence electrons. The maximum atomic E-state index is 5.66. The van der Waals surface area contributed by atoms with Gasteiger partial charge in [-0.15, -0.1) is 11.3 Å². The molecule has 1 saturated heterocycles. The molecule has 5 heteroatoms. The Kier molecular flexibility index (Phi) is 4.65. The van der Waals surface area contributed by atoms with Gasteiger partial charge in [0, 0.05) is 44.1 Å². The van der Waals surface area contributed by atoms with E-state index in [4.69, 9.17) is 5.73 Å². The van der Waals surface area contributed by atoms with E-state index in [2.05, 4.69) is 57.5 Å². The quantitative estimate of drug-likeness (QED) is 0.939. The first kappa shape index (κ1) is 14.7. The molecule has 0 radical (unpaired) electrons. The molecule has 1 atom stereocenters. The van der Waals surface area contributed by atoms with Crippen molar-refractivity contribution < 1.29 is 0 Å². The van der Waals surface area contributed by atoms with E-state index in [0.717, 1.165) is 36.9 Å². The first-order chi connectivity index (χ1) is 10.3. The Morgan fingerprint density at radius 2 is 2.10 bits per heavy atom. The van der Waals surface area contributed by atoms with Crippen molar-refractivity contribution in [3.05, 3.63) is 52.0 Å². The lowest BCUT2D eigenvalue weighted by Gasteiger charge is -2.40. The molecule has 4 nitrogen and oxygen atoms in total. The van der Waals surface area contributed by atoms with Crippen molar-refractivity contribution in [2.75, 3.05) is 26.7 Å². The Morgan fingerprint density at radius 1 is 1.29 bits per heavy atom. The topological polar surface area (TPSA) is 45.4 Å². The summed E-state index contributed by atoms with van der Waals surface area (Å²) in [4.78, 5) is 9.54. The van der Waals surface area contributed by atoms with E-state index in [1.807, 2.05) is 0 Å². The van der Waals surface area contributed by atoms with Gasteiger partial charge in [-0.2, -0.15) is 0 Å². The number of piperazine rings is 1. The molecule has 1 unspecified atom stereocenters. The third-order valence-electron chi connectivity index (χ3n) is 4.02. The second-order valence-electron chi connectivity index (χ2n) is 5.60. The average Bonchev–Trinajstić information content (AvgIpc) is 2.98. The number of nitrogens with zero attached hydrogens (tertiary/aromatic N) is 3. The highest BCUT2D eigenvalue weighted by Gasteiger charge is 2.26. The number of hydrogen-bond acceptors (Lipinski definition) is 5. The van der Waals surface area contributed by atoms with Gasteiger partial charge >= 0.3 is 0 Å². The lowest BCUT2D eigenvalue weighted by Crippen LogP contribution is -2.46. The fourth-order valence-corrected chi connectivity index (χ4v) is 3.53.